The molecule has 0 radical (unpaired) electrons. The number of hydrogen-bond acceptors (Lipinski definition) is 4. The Labute approximate surface area is 187 Å². The van der Waals surface area contributed by atoms with Crippen LogP contribution < -0.4 is 0 Å². The molecule has 0 aromatic heterocycles. The van der Waals surface area contributed by atoms with Gasteiger partial charge in [0.25, 0.3) is 0 Å². The molecule has 4 rings (SSSR count). The topological polar surface area (TPSA) is 37.7 Å². The molecule has 2 saturated heterocycles. The van der Waals surface area contributed by atoms with Crippen molar-refractivity contribution in [2.24, 2.45) is 9.98 Å². The molecule has 0 N–H and O–H groups in total. The zero-order valence-corrected chi connectivity index (χ0v) is 19.6. The predicted molar refractivity (Wildman–Crippen MR) is 129 cm³/mol. The number of para-hydroxylation sites is 2. The van der Waals surface area contributed by atoms with Crippen molar-refractivity contribution in [3.8, 4) is 0 Å². The maximum atomic E-state index is 4.95. The Kier molecular flexibility index (Phi) is 6.43. The van der Waals surface area contributed by atoms with Crippen LogP contribution in [0.1, 0.15) is 0 Å². The van der Waals surface area contributed by atoms with Gasteiger partial charge < -0.3 is 19.6 Å². The number of nitrogens with zero attached hydrogens (tertiary/aromatic N) is 6. The van der Waals surface area contributed by atoms with Crippen LogP contribution in [0.2, 0.25) is 0 Å². The summed E-state index contributed by atoms with van der Waals surface area (Å²) in [5.41, 5.74) is 2.01. The Morgan fingerprint density at radius 3 is 1.27 bits per heavy atom. The summed E-state index contributed by atoms with van der Waals surface area (Å²) in [4.78, 5) is 21.0. The number of aliphatic imine (C=N–C) groups is 2. The molecule has 30 heavy (non-hydrogen) atoms. The van der Waals surface area contributed by atoms with Gasteiger partial charge >= 0.3 is 0 Å². The summed E-state index contributed by atoms with van der Waals surface area (Å²) in [5, 5.41) is 0. The lowest BCUT2D eigenvalue weighted by Crippen LogP contribution is -2.27. The minimum atomic E-state index is 1.00. The summed E-state index contributed by atoms with van der Waals surface area (Å²) in [6.07, 6.45) is 0. The van der Waals surface area contributed by atoms with Crippen LogP contribution in [0.5, 0.6) is 0 Å². The molecule has 2 aliphatic heterocycles. The van der Waals surface area contributed by atoms with Gasteiger partial charge in [-0.3, -0.25) is 0 Å². The fraction of sp³-hybridized carbons (Fsp3) is 0.364. The van der Waals surface area contributed by atoms with Gasteiger partial charge in [-0.05, 0) is 24.3 Å². The highest BCUT2D eigenvalue weighted by atomic mass is 33.1. The monoisotopic (exact) mass is 440 g/mol. The molecule has 0 bridgehead atoms. The van der Waals surface area contributed by atoms with Crippen LogP contribution in [0.15, 0.2) is 68.3 Å². The number of benzene rings is 2. The molecular weight excluding hydrogens is 412 g/mol. The first-order chi connectivity index (χ1) is 14.5. The average Bonchev–Trinajstić information content (AvgIpc) is 3.24. The van der Waals surface area contributed by atoms with Crippen LogP contribution in [0.3, 0.4) is 0 Å². The van der Waals surface area contributed by atoms with Crippen molar-refractivity contribution in [3.05, 3.63) is 48.5 Å². The van der Waals surface area contributed by atoms with Crippen molar-refractivity contribution in [1.29, 1.82) is 0 Å². The zero-order valence-electron chi connectivity index (χ0n) is 17.9. The zero-order chi connectivity index (χ0) is 21.1. The fourth-order valence-electron chi connectivity index (χ4n) is 3.47. The Bertz CT molecular complexity index is 859. The van der Waals surface area contributed by atoms with Gasteiger partial charge in [0.1, 0.15) is 0 Å². The number of likely N-dealkylation sites (N-methyl/N-ethyl adjacent to an activating group) is 4. The second-order valence-electron chi connectivity index (χ2n) is 7.61. The third kappa shape index (κ3) is 4.54. The summed E-state index contributed by atoms with van der Waals surface area (Å²) in [6.45, 7) is 4.04. The van der Waals surface area contributed by atoms with Gasteiger partial charge in [0.15, 0.2) is 0 Å². The van der Waals surface area contributed by atoms with Crippen molar-refractivity contribution < 1.29 is 0 Å². The van der Waals surface area contributed by atoms with Gasteiger partial charge in [-0.25, -0.2) is 9.98 Å². The van der Waals surface area contributed by atoms with Gasteiger partial charge in [-0.1, -0.05) is 45.9 Å². The third-order valence-corrected chi connectivity index (χ3v) is 7.76. The molecule has 0 saturated carbocycles. The second-order valence-corrected chi connectivity index (χ2v) is 9.82. The summed E-state index contributed by atoms with van der Waals surface area (Å²) < 4.78 is 0. The van der Waals surface area contributed by atoms with Gasteiger partial charge in [0, 0.05) is 64.2 Å². The lowest BCUT2D eigenvalue weighted by Gasteiger charge is -2.17. The first kappa shape index (κ1) is 20.9. The van der Waals surface area contributed by atoms with Crippen molar-refractivity contribution in [2.75, 3.05) is 54.4 Å². The van der Waals surface area contributed by atoms with Crippen LogP contribution in [0, 0.1) is 0 Å². The van der Waals surface area contributed by atoms with Crippen molar-refractivity contribution >= 4 is 44.9 Å². The van der Waals surface area contributed by atoms with E-state index in [9.17, 15) is 0 Å². The SMILES string of the molecule is CN1CCN(C)C1=Nc1ccccc1SSc1ccccc1N=C1N(C)CCN1C. The lowest BCUT2D eigenvalue weighted by atomic mass is 10.3. The maximum absolute atomic E-state index is 4.95. The summed E-state index contributed by atoms with van der Waals surface area (Å²) in [5.74, 6) is 2.04. The second kappa shape index (κ2) is 9.22. The first-order valence-electron chi connectivity index (χ1n) is 10.1. The lowest BCUT2D eigenvalue weighted by molar-refractivity contribution is 0.553. The van der Waals surface area contributed by atoms with E-state index in [-0.39, 0.29) is 0 Å². The van der Waals surface area contributed by atoms with Crippen LogP contribution in [-0.4, -0.2) is 85.9 Å². The minimum absolute atomic E-state index is 1.00. The van der Waals surface area contributed by atoms with E-state index >= 15 is 0 Å². The van der Waals surface area contributed by atoms with Crippen LogP contribution in [-0.2, 0) is 0 Å². The predicted octanol–water partition coefficient (Wildman–Crippen LogP) is 4.22. The molecule has 2 aromatic carbocycles. The Morgan fingerprint density at radius 2 is 0.900 bits per heavy atom. The summed E-state index contributed by atoms with van der Waals surface area (Å²) in [7, 11) is 11.9. The van der Waals surface area contributed by atoms with E-state index < -0.39 is 0 Å². The Balaban J connectivity index is 1.56. The molecule has 0 spiro atoms. The van der Waals surface area contributed by atoms with E-state index in [2.05, 4.69) is 96.3 Å². The van der Waals surface area contributed by atoms with Gasteiger partial charge in [0.05, 0.1) is 11.4 Å². The molecule has 2 heterocycles. The number of hydrogen-bond donors (Lipinski definition) is 0. The molecule has 0 amide bonds. The van der Waals surface area contributed by atoms with Crippen LogP contribution >= 0.6 is 21.6 Å². The van der Waals surface area contributed by atoms with Crippen LogP contribution in [0.25, 0.3) is 0 Å². The molecule has 6 nitrogen and oxygen atoms in total. The molecule has 2 aliphatic rings. The highest BCUT2D eigenvalue weighted by Gasteiger charge is 2.21. The van der Waals surface area contributed by atoms with E-state index in [1.54, 1.807) is 21.6 Å². The first-order valence-corrected chi connectivity index (χ1v) is 12.2. The van der Waals surface area contributed by atoms with Gasteiger partial charge in [-0.15, -0.1) is 0 Å². The number of rotatable bonds is 5. The Hall–Kier alpha value is -2.32. The maximum Gasteiger partial charge on any atom is 0.201 e. The number of guanidine groups is 2. The van der Waals surface area contributed by atoms with E-state index in [4.69, 9.17) is 9.98 Å². The third-order valence-electron chi connectivity index (χ3n) is 5.30. The van der Waals surface area contributed by atoms with E-state index in [1.807, 2.05) is 0 Å². The van der Waals surface area contributed by atoms with E-state index in [0.29, 0.717) is 0 Å². The highest BCUT2D eigenvalue weighted by Crippen LogP contribution is 2.45. The Morgan fingerprint density at radius 1 is 0.567 bits per heavy atom. The van der Waals surface area contributed by atoms with E-state index in [1.165, 1.54) is 0 Å². The van der Waals surface area contributed by atoms with Crippen molar-refractivity contribution in [3.63, 3.8) is 0 Å². The normalized spacial score (nSPS) is 16.7. The molecule has 0 aliphatic carbocycles. The largest absolute Gasteiger partial charge is 0.344 e. The molecule has 158 valence electrons. The molecule has 2 fully saturated rings. The van der Waals surface area contributed by atoms with Crippen molar-refractivity contribution in [1.82, 2.24) is 19.6 Å². The molecule has 8 heteroatoms. The summed E-state index contributed by atoms with van der Waals surface area (Å²) >= 11 is 0. The summed E-state index contributed by atoms with van der Waals surface area (Å²) in [6, 6.07) is 16.7. The molecule has 2 aromatic rings. The quantitative estimate of drug-likeness (QED) is 0.648. The molecular formula is C22H28N6S2. The van der Waals surface area contributed by atoms with Crippen LogP contribution in [0.4, 0.5) is 11.4 Å². The molecule has 0 atom stereocenters. The minimum Gasteiger partial charge on any atom is -0.344 e. The van der Waals surface area contributed by atoms with E-state index in [0.717, 1.165) is 59.3 Å². The standard InChI is InChI=1S/C22H28N6S2/c1-25-13-14-26(2)21(25)23-17-9-5-7-11-19(17)29-30-20-12-8-6-10-18(20)24-22-27(3)15-16-28(22)4/h5-12H,13-16H2,1-4H3. The van der Waals surface area contributed by atoms with Crippen molar-refractivity contribution in [2.45, 2.75) is 9.79 Å². The van der Waals surface area contributed by atoms with Gasteiger partial charge in [-0.2, -0.15) is 0 Å². The average molecular weight is 441 g/mol. The molecule has 0 unspecified atom stereocenters. The highest BCUT2D eigenvalue weighted by molar-refractivity contribution is 8.76. The smallest absolute Gasteiger partial charge is 0.201 e. The van der Waals surface area contributed by atoms with Gasteiger partial charge in [0.2, 0.25) is 11.9 Å². The fourth-order valence-corrected chi connectivity index (χ4v) is 5.70.